The molecule has 2 heterocycles. The predicted molar refractivity (Wildman–Crippen MR) is 148 cm³/mol. The number of carbonyl (C=O) groups excluding carboxylic acids is 3. The Hall–Kier alpha value is -2.52. The van der Waals surface area contributed by atoms with E-state index in [4.69, 9.17) is 14.2 Å². The lowest BCUT2D eigenvalue weighted by atomic mass is 10.0. The molecule has 2 aliphatic carbocycles. The van der Waals surface area contributed by atoms with Crippen molar-refractivity contribution >= 4 is 24.1 Å². The van der Waals surface area contributed by atoms with Crippen LogP contribution < -0.4 is 0 Å². The summed E-state index contributed by atoms with van der Waals surface area (Å²) in [6.07, 6.45) is -0.941. The van der Waals surface area contributed by atoms with Crippen LogP contribution in [0.3, 0.4) is 0 Å². The normalized spacial score (nSPS) is 30.6. The molecule has 6 atom stereocenters. The quantitative estimate of drug-likeness (QED) is 0.360. The van der Waals surface area contributed by atoms with Gasteiger partial charge in [0.25, 0.3) is 0 Å². The fraction of sp³-hybridized carbons (Fsp3) is 0.862. The standard InChI is InChI=1S/C14H23NO4.C13H21NO4.2CH4/c1-13(2,3)19-12(17)15-7-8-9(14(8,4)5)10(15)11(16)18-6;1-12(2,3)18-11(17)14-6-7-8(13(7,4)5)9(14)10(15)16;;/h8-10H,7H2,1-6H3;7-9H,6H2,1-5H3,(H,15,16);2*1H4/t8-,9-,10?;7-,8-,9?;;/m00../s1. The molecule has 0 aromatic carbocycles. The third kappa shape index (κ3) is 6.62. The minimum Gasteiger partial charge on any atom is -0.480 e. The molecule has 10 heteroatoms. The van der Waals surface area contributed by atoms with E-state index in [1.807, 2.05) is 20.8 Å². The number of ether oxygens (including phenoxy) is 3. The van der Waals surface area contributed by atoms with Crippen molar-refractivity contribution < 1.29 is 38.5 Å². The Labute approximate surface area is 234 Å². The van der Waals surface area contributed by atoms with Gasteiger partial charge in [0.1, 0.15) is 23.3 Å². The molecule has 0 bridgehead atoms. The molecule has 2 saturated carbocycles. The number of methoxy groups -OCH3 is 1. The fourth-order valence-electron chi connectivity index (χ4n) is 6.26. The first-order valence-corrected chi connectivity index (χ1v) is 12.9. The first kappa shape index (κ1) is 34.5. The van der Waals surface area contributed by atoms with E-state index >= 15 is 0 Å². The number of carboxylic acids is 1. The molecule has 4 aliphatic rings. The molecule has 10 nitrogen and oxygen atoms in total. The van der Waals surface area contributed by atoms with Crippen LogP contribution >= 0.6 is 0 Å². The van der Waals surface area contributed by atoms with Crippen molar-refractivity contribution in [3.63, 3.8) is 0 Å². The number of hydrogen-bond donors (Lipinski definition) is 1. The summed E-state index contributed by atoms with van der Waals surface area (Å²) in [7, 11) is 1.36. The second-order valence-corrected chi connectivity index (χ2v) is 13.9. The highest BCUT2D eigenvalue weighted by atomic mass is 16.6. The lowest BCUT2D eigenvalue weighted by Crippen LogP contribution is -2.47. The number of likely N-dealkylation sites (tertiary alicyclic amines) is 2. The highest BCUT2D eigenvalue weighted by Gasteiger charge is 2.71. The van der Waals surface area contributed by atoms with Gasteiger partial charge in [0.2, 0.25) is 0 Å². The Morgan fingerprint density at radius 1 is 0.718 bits per heavy atom. The van der Waals surface area contributed by atoms with Crippen molar-refractivity contribution in [3.05, 3.63) is 0 Å². The number of carbonyl (C=O) groups is 4. The number of rotatable bonds is 2. The van der Waals surface area contributed by atoms with Crippen LogP contribution in [-0.2, 0) is 23.8 Å². The van der Waals surface area contributed by atoms with E-state index in [-0.39, 0.29) is 49.4 Å². The molecule has 0 aromatic rings. The number of fused-ring (bicyclic) bond motifs is 2. The Kier molecular flexibility index (Phi) is 9.56. The summed E-state index contributed by atoms with van der Waals surface area (Å²) in [6.45, 7) is 20.2. The Morgan fingerprint density at radius 2 is 1.05 bits per heavy atom. The van der Waals surface area contributed by atoms with Crippen molar-refractivity contribution in [2.45, 2.75) is 107 Å². The summed E-state index contributed by atoms with van der Waals surface area (Å²) in [5.41, 5.74) is -1.01. The Balaban J connectivity index is 0.000000371. The van der Waals surface area contributed by atoms with Gasteiger partial charge < -0.3 is 19.3 Å². The largest absolute Gasteiger partial charge is 0.480 e. The van der Waals surface area contributed by atoms with Crippen LogP contribution in [0, 0.1) is 34.5 Å². The molecular formula is C29H52N2O8. The Bertz CT molecular complexity index is 961. The number of amides is 2. The number of piperidine rings is 2. The van der Waals surface area contributed by atoms with E-state index in [0.717, 1.165) is 0 Å². The number of hydrogen-bond acceptors (Lipinski definition) is 7. The lowest BCUT2D eigenvalue weighted by Gasteiger charge is -2.31. The van der Waals surface area contributed by atoms with Crippen molar-refractivity contribution in [1.82, 2.24) is 9.80 Å². The third-order valence-electron chi connectivity index (χ3n) is 8.37. The maximum Gasteiger partial charge on any atom is 0.411 e. The van der Waals surface area contributed by atoms with E-state index in [9.17, 15) is 24.3 Å². The maximum atomic E-state index is 12.2. The number of esters is 1. The molecule has 226 valence electrons. The van der Waals surface area contributed by atoms with Gasteiger partial charge in [-0.2, -0.15) is 0 Å². The molecule has 0 radical (unpaired) electrons. The highest BCUT2D eigenvalue weighted by Crippen LogP contribution is 2.65. The van der Waals surface area contributed by atoms with E-state index in [2.05, 4.69) is 27.7 Å². The van der Waals surface area contributed by atoms with Crippen LogP contribution in [0.5, 0.6) is 0 Å². The molecule has 0 aromatic heterocycles. The molecule has 2 amide bonds. The van der Waals surface area contributed by atoms with Crippen molar-refractivity contribution in [2.75, 3.05) is 20.2 Å². The lowest BCUT2D eigenvalue weighted by molar-refractivity contribution is -0.147. The van der Waals surface area contributed by atoms with Gasteiger partial charge in [-0.1, -0.05) is 42.5 Å². The number of aliphatic carboxylic acids is 1. The number of nitrogens with zero attached hydrogens (tertiary/aromatic N) is 2. The van der Waals surface area contributed by atoms with Gasteiger partial charge in [0, 0.05) is 24.9 Å². The molecular weight excluding hydrogens is 504 g/mol. The average Bonchev–Trinajstić information content (AvgIpc) is 3.26. The topological polar surface area (TPSA) is 123 Å². The molecule has 4 rings (SSSR count). The smallest absolute Gasteiger partial charge is 0.411 e. The number of carboxylic acid groups (broad SMARTS) is 1. The van der Waals surface area contributed by atoms with Gasteiger partial charge in [-0.05, 0) is 64.2 Å². The Morgan fingerprint density at radius 3 is 1.36 bits per heavy atom. The summed E-state index contributed by atoms with van der Waals surface area (Å²) in [6, 6.07) is -1.24. The zero-order chi connectivity index (χ0) is 28.5. The van der Waals surface area contributed by atoms with Crippen LogP contribution in [0.15, 0.2) is 0 Å². The average molecular weight is 557 g/mol. The van der Waals surface area contributed by atoms with Crippen molar-refractivity contribution in [1.29, 1.82) is 0 Å². The molecule has 1 N–H and O–H groups in total. The summed E-state index contributed by atoms with van der Waals surface area (Å²) in [5, 5.41) is 9.31. The summed E-state index contributed by atoms with van der Waals surface area (Å²) in [4.78, 5) is 50.4. The van der Waals surface area contributed by atoms with Gasteiger partial charge >= 0.3 is 24.1 Å². The molecule has 0 spiro atoms. The van der Waals surface area contributed by atoms with Crippen molar-refractivity contribution in [3.8, 4) is 0 Å². The van der Waals surface area contributed by atoms with Gasteiger partial charge in [-0.3, -0.25) is 9.80 Å². The third-order valence-corrected chi connectivity index (χ3v) is 8.37. The minimum atomic E-state index is -0.932. The first-order valence-electron chi connectivity index (χ1n) is 12.9. The van der Waals surface area contributed by atoms with E-state index in [0.29, 0.717) is 19.0 Å². The van der Waals surface area contributed by atoms with Crippen LogP contribution in [0.4, 0.5) is 9.59 Å². The van der Waals surface area contributed by atoms with Gasteiger partial charge in [0.05, 0.1) is 7.11 Å². The fourth-order valence-corrected chi connectivity index (χ4v) is 6.26. The first-order chi connectivity index (χ1) is 16.6. The maximum absolute atomic E-state index is 12.2. The van der Waals surface area contributed by atoms with E-state index in [1.165, 1.54) is 16.9 Å². The predicted octanol–water partition coefficient (Wildman–Crippen LogP) is 5.29. The van der Waals surface area contributed by atoms with Gasteiger partial charge in [-0.25, -0.2) is 19.2 Å². The SMILES string of the molecule is C.C.CC(C)(C)OC(=O)N1C[C@H]2[C@@H](C1C(=O)O)C2(C)C.COC(=O)C1[C@@H]2[C@H](CN1C(=O)OC(C)(C)C)C2(C)C. The zero-order valence-corrected chi connectivity index (χ0v) is 24.1. The van der Waals surface area contributed by atoms with E-state index in [1.54, 1.807) is 20.8 Å². The van der Waals surface area contributed by atoms with E-state index < -0.39 is 41.4 Å². The molecule has 39 heavy (non-hydrogen) atoms. The van der Waals surface area contributed by atoms with Gasteiger partial charge in [-0.15, -0.1) is 0 Å². The van der Waals surface area contributed by atoms with Crippen LogP contribution in [-0.4, -0.2) is 82.5 Å². The monoisotopic (exact) mass is 556 g/mol. The summed E-state index contributed by atoms with van der Waals surface area (Å²) in [5.74, 6) is -0.381. The minimum absolute atomic E-state index is 0. The molecule has 2 aliphatic heterocycles. The molecule has 4 fully saturated rings. The highest BCUT2D eigenvalue weighted by molar-refractivity contribution is 5.84. The summed E-state index contributed by atoms with van der Waals surface area (Å²) < 4.78 is 15.5. The summed E-state index contributed by atoms with van der Waals surface area (Å²) >= 11 is 0. The zero-order valence-electron chi connectivity index (χ0n) is 24.1. The van der Waals surface area contributed by atoms with Gasteiger partial charge in [0.15, 0.2) is 0 Å². The van der Waals surface area contributed by atoms with Crippen LogP contribution in [0.25, 0.3) is 0 Å². The van der Waals surface area contributed by atoms with Crippen LogP contribution in [0.2, 0.25) is 0 Å². The second kappa shape index (κ2) is 10.8. The molecule has 2 unspecified atom stereocenters. The molecule has 2 saturated heterocycles. The van der Waals surface area contributed by atoms with Crippen molar-refractivity contribution in [2.24, 2.45) is 34.5 Å². The second-order valence-electron chi connectivity index (χ2n) is 13.9. The van der Waals surface area contributed by atoms with Crippen LogP contribution in [0.1, 0.15) is 84.1 Å².